The second kappa shape index (κ2) is 7.38. The van der Waals surface area contributed by atoms with E-state index in [0.717, 1.165) is 40.8 Å². The molecular weight excluding hydrogens is 344 g/mol. The van der Waals surface area contributed by atoms with E-state index in [2.05, 4.69) is 42.3 Å². The van der Waals surface area contributed by atoms with Gasteiger partial charge in [-0.25, -0.2) is 0 Å². The highest BCUT2D eigenvalue weighted by Crippen LogP contribution is 2.33. The normalized spacial score (nSPS) is 16.0. The van der Waals surface area contributed by atoms with E-state index in [1.54, 1.807) is 6.08 Å². The predicted molar refractivity (Wildman–Crippen MR) is 107 cm³/mol. The fourth-order valence-electron chi connectivity index (χ4n) is 3.14. The number of aryl methyl sites for hydroxylation is 2. The van der Waals surface area contributed by atoms with Crippen molar-refractivity contribution in [1.82, 2.24) is 9.47 Å². The molecule has 134 valence electrons. The molecule has 0 radical (unpaired) electrons. The molecule has 1 aliphatic heterocycles. The van der Waals surface area contributed by atoms with Crippen molar-refractivity contribution in [3.63, 3.8) is 0 Å². The molecule has 2 amide bonds. The topological polar surface area (TPSA) is 42.3 Å². The second-order valence-electron chi connectivity index (χ2n) is 6.26. The van der Waals surface area contributed by atoms with Crippen LogP contribution < -0.4 is 0 Å². The van der Waals surface area contributed by atoms with E-state index >= 15 is 0 Å². The monoisotopic (exact) mass is 366 g/mol. The lowest BCUT2D eigenvalue weighted by Crippen LogP contribution is -2.27. The van der Waals surface area contributed by atoms with Crippen LogP contribution in [-0.2, 0) is 11.2 Å². The molecule has 0 saturated carbocycles. The summed E-state index contributed by atoms with van der Waals surface area (Å²) >= 11 is 0.983. The molecule has 0 aliphatic carbocycles. The number of nitrogens with zero attached hydrogens (tertiary/aromatic N) is 2. The summed E-state index contributed by atoms with van der Waals surface area (Å²) in [5.74, 6) is -0.253. The van der Waals surface area contributed by atoms with Crippen LogP contribution in [0.3, 0.4) is 0 Å². The quantitative estimate of drug-likeness (QED) is 0.559. The van der Waals surface area contributed by atoms with Gasteiger partial charge in [-0.05, 0) is 67.4 Å². The van der Waals surface area contributed by atoms with Crippen LogP contribution in [0.4, 0.5) is 4.79 Å². The summed E-state index contributed by atoms with van der Waals surface area (Å²) in [4.78, 5) is 26.1. The first kappa shape index (κ1) is 18.3. The van der Waals surface area contributed by atoms with Crippen molar-refractivity contribution < 1.29 is 9.59 Å². The first-order valence-electron chi connectivity index (χ1n) is 8.60. The third-order valence-electron chi connectivity index (χ3n) is 4.54. The lowest BCUT2D eigenvalue weighted by molar-refractivity contribution is -0.122. The van der Waals surface area contributed by atoms with Gasteiger partial charge in [-0.3, -0.25) is 14.5 Å². The van der Waals surface area contributed by atoms with Gasteiger partial charge in [0.05, 0.1) is 4.91 Å². The smallest absolute Gasteiger partial charge is 0.293 e. The van der Waals surface area contributed by atoms with Crippen LogP contribution in [0.25, 0.3) is 11.8 Å². The van der Waals surface area contributed by atoms with E-state index in [4.69, 9.17) is 0 Å². The summed E-state index contributed by atoms with van der Waals surface area (Å²) < 4.78 is 2.17. The zero-order valence-corrected chi connectivity index (χ0v) is 16.1. The second-order valence-corrected chi connectivity index (χ2v) is 7.26. The van der Waals surface area contributed by atoms with Gasteiger partial charge >= 0.3 is 0 Å². The highest BCUT2D eigenvalue weighted by atomic mass is 32.2. The third-order valence-corrected chi connectivity index (χ3v) is 5.45. The van der Waals surface area contributed by atoms with E-state index in [9.17, 15) is 9.59 Å². The average Bonchev–Trinajstić information content (AvgIpc) is 3.05. The number of amides is 2. The average molecular weight is 366 g/mol. The first-order chi connectivity index (χ1) is 12.5. The third kappa shape index (κ3) is 3.27. The van der Waals surface area contributed by atoms with E-state index in [1.807, 2.05) is 26.0 Å². The minimum Gasteiger partial charge on any atom is -0.318 e. The van der Waals surface area contributed by atoms with Crippen molar-refractivity contribution in [3.8, 4) is 5.69 Å². The van der Waals surface area contributed by atoms with Crippen molar-refractivity contribution in [2.45, 2.75) is 27.2 Å². The molecule has 2 aromatic rings. The molecule has 3 rings (SSSR count). The molecule has 0 atom stereocenters. The molecule has 1 aromatic carbocycles. The number of thioether (sulfide) groups is 1. The van der Waals surface area contributed by atoms with Gasteiger partial charge < -0.3 is 4.57 Å². The zero-order chi connectivity index (χ0) is 18.8. The van der Waals surface area contributed by atoms with E-state index in [-0.39, 0.29) is 17.7 Å². The predicted octanol–water partition coefficient (Wildman–Crippen LogP) is 4.88. The van der Waals surface area contributed by atoms with Gasteiger partial charge in [0.25, 0.3) is 11.1 Å². The van der Waals surface area contributed by atoms with E-state index < -0.39 is 0 Å². The lowest BCUT2D eigenvalue weighted by Gasteiger charge is -2.10. The molecule has 2 heterocycles. The summed E-state index contributed by atoms with van der Waals surface area (Å²) in [7, 11) is 0. The molecule has 0 N–H and O–H groups in total. The number of benzene rings is 1. The molecular formula is C21H22N2O2S. The standard InChI is InChI=1S/C21H22N2O2S/c1-5-11-22-20(24)19(26-21(22)25)13-17-12-14(3)23(15(17)4)18-9-7-16(6-2)8-10-18/h5,7-10,12-13H,1,6,11H2,2-4H3/b19-13+. The fourth-order valence-corrected chi connectivity index (χ4v) is 3.98. The molecule has 1 fully saturated rings. The number of aromatic nitrogens is 1. The largest absolute Gasteiger partial charge is 0.318 e. The van der Waals surface area contributed by atoms with Crippen LogP contribution in [0.1, 0.15) is 29.4 Å². The number of imide groups is 1. The maximum atomic E-state index is 12.4. The Hall–Kier alpha value is -2.53. The van der Waals surface area contributed by atoms with E-state index in [1.165, 1.54) is 10.5 Å². The Bertz CT molecular complexity index is 907. The van der Waals surface area contributed by atoms with Gasteiger partial charge in [-0.15, -0.1) is 6.58 Å². The number of carbonyl (C=O) groups is 2. The Labute approximate surface area is 158 Å². The molecule has 26 heavy (non-hydrogen) atoms. The molecule has 0 bridgehead atoms. The maximum absolute atomic E-state index is 12.4. The van der Waals surface area contributed by atoms with Crippen molar-refractivity contribution >= 4 is 29.0 Å². The summed E-state index contributed by atoms with van der Waals surface area (Å²) in [6.45, 7) is 10.0. The molecule has 4 nitrogen and oxygen atoms in total. The van der Waals surface area contributed by atoms with Gasteiger partial charge in [-0.1, -0.05) is 25.1 Å². The Morgan fingerprint density at radius 3 is 2.46 bits per heavy atom. The van der Waals surface area contributed by atoms with Gasteiger partial charge in [0.2, 0.25) is 0 Å². The Morgan fingerprint density at radius 2 is 1.85 bits per heavy atom. The van der Waals surface area contributed by atoms with Gasteiger partial charge in [-0.2, -0.15) is 0 Å². The molecule has 1 aromatic heterocycles. The number of hydrogen-bond acceptors (Lipinski definition) is 3. The van der Waals surface area contributed by atoms with Crippen molar-refractivity contribution in [2.24, 2.45) is 0 Å². The van der Waals surface area contributed by atoms with Crippen LogP contribution in [0.2, 0.25) is 0 Å². The highest BCUT2D eigenvalue weighted by Gasteiger charge is 2.34. The lowest BCUT2D eigenvalue weighted by atomic mass is 10.1. The summed E-state index contributed by atoms with van der Waals surface area (Å²) in [6, 6.07) is 10.5. The first-order valence-corrected chi connectivity index (χ1v) is 9.42. The minimum absolute atomic E-state index is 0.241. The Morgan fingerprint density at radius 1 is 1.15 bits per heavy atom. The van der Waals surface area contributed by atoms with Gasteiger partial charge in [0.1, 0.15) is 0 Å². The zero-order valence-electron chi connectivity index (χ0n) is 15.3. The minimum atomic E-state index is -0.253. The molecule has 1 saturated heterocycles. The van der Waals surface area contributed by atoms with E-state index in [0.29, 0.717) is 4.91 Å². The Balaban J connectivity index is 1.96. The number of rotatable bonds is 5. The summed E-state index contributed by atoms with van der Waals surface area (Å²) in [5.41, 5.74) is 5.47. The van der Waals surface area contributed by atoms with Crippen molar-refractivity contribution in [3.05, 3.63) is 70.4 Å². The van der Waals surface area contributed by atoms with Gasteiger partial charge in [0.15, 0.2) is 0 Å². The molecule has 5 heteroatoms. The van der Waals surface area contributed by atoms with Crippen LogP contribution in [0.15, 0.2) is 47.9 Å². The number of carbonyl (C=O) groups excluding carboxylic acids is 2. The number of hydrogen-bond donors (Lipinski definition) is 0. The fraction of sp³-hybridized carbons (Fsp3) is 0.238. The van der Waals surface area contributed by atoms with Crippen LogP contribution in [-0.4, -0.2) is 27.2 Å². The molecule has 0 spiro atoms. The van der Waals surface area contributed by atoms with Crippen LogP contribution >= 0.6 is 11.8 Å². The van der Waals surface area contributed by atoms with Crippen molar-refractivity contribution in [1.29, 1.82) is 0 Å². The summed E-state index contributed by atoms with van der Waals surface area (Å²) in [6.07, 6.45) is 4.38. The van der Waals surface area contributed by atoms with Gasteiger partial charge in [0, 0.05) is 23.6 Å². The van der Waals surface area contributed by atoms with Crippen molar-refractivity contribution in [2.75, 3.05) is 6.54 Å². The van der Waals surface area contributed by atoms with Crippen LogP contribution in [0, 0.1) is 13.8 Å². The highest BCUT2D eigenvalue weighted by molar-refractivity contribution is 8.18. The SMILES string of the molecule is C=CCN1C(=O)S/C(=C/c2cc(C)n(-c3ccc(CC)cc3)c2C)C1=O. The maximum Gasteiger partial charge on any atom is 0.293 e. The summed E-state index contributed by atoms with van der Waals surface area (Å²) in [5, 5.41) is -0.245. The van der Waals surface area contributed by atoms with Crippen LogP contribution in [0.5, 0.6) is 0 Å². The Kier molecular flexibility index (Phi) is 5.18. The molecule has 0 unspecified atom stereocenters. The molecule has 1 aliphatic rings.